The first-order valence-corrected chi connectivity index (χ1v) is 5.01. The summed E-state index contributed by atoms with van der Waals surface area (Å²) in [5.74, 6) is 0. The first-order valence-electron chi connectivity index (χ1n) is 5.01. The minimum Gasteiger partial charge on any atom is -0.376 e. The van der Waals surface area contributed by atoms with Crippen LogP contribution in [-0.2, 0) is 0 Å². The third-order valence-corrected chi connectivity index (χ3v) is 3.12. The number of fused-ring (bicyclic) bond motifs is 1. The number of aliphatic hydroxyl groups excluding tert-OH is 3. The molecule has 0 spiro atoms. The number of amides is 4. The summed E-state index contributed by atoms with van der Waals surface area (Å²) in [6.45, 7) is -1.71. The Balaban J connectivity index is 2.39. The molecule has 4 amide bonds. The van der Waals surface area contributed by atoms with Crippen molar-refractivity contribution in [3.63, 3.8) is 0 Å². The van der Waals surface area contributed by atoms with E-state index in [-0.39, 0.29) is 0 Å². The molecular formula is C8H14N4O5. The second-order valence-corrected chi connectivity index (χ2v) is 3.84. The molecule has 0 radical (unpaired) electrons. The van der Waals surface area contributed by atoms with Gasteiger partial charge in [-0.1, -0.05) is 0 Å². The van der Waals surface area contributed by atoms with Gasteiger partial charge in [0.15, 0.2) is 12.3 Å². The molecule has 3 N–H and O–H groups in total. The van der Waals surface area contributed by atoms with Crippen molar-refractivity contribution in [2.24, 2.45) is 0 Å². The van der Waals surface area contributed by atoms with Crippen molar-refractivity contribution in [2.75, 3.05) is 27.2 Å². The Labute approximate surface area is 97.0 Å². The molecule has 0 aliphatic carbocycles. The summed E-state index contributed by atoms with van der Waals surface area (Å²) in [5, 5.41) is 27.4. The minimum atomic E-state index is -0.790. The topological polar surface area (TPSA) is 108 Å². The first-order chi connectivity index (χ1) is 8.08. The van der Waals surface area contributed by atoms with Crippen LogP contribution in [0, 0.1) is 0 Å². The summed E-state index contributed by atoms with van der Waals surface area (Å²) < 4.78 is 0. The molecule has 2 atom stereocenters. The minimum absolute atomic E-state index is 0.466. The van der Waals surface area contributed by atoms with Gasteiger partial charge in [-0.25, -0.2) is 9.59 Å². The highest BCUT2D eigenvalue weighted by molar-refractivity contribution is 5.84. The van der Waals surface area contributed by atoms with Crippen LogP contribution < -0.4 is 0 Å². The van der Waals surface area contributed by atoms with Gasteiger partial charge in [-0.3, -0.25) is 14.7 Å². The number of carbonyl (C=O) groups is 2. The van der Waals surface area contributed by atoms with E-state index in [0.717, 1.165) is 14.7 Å². The Morgan fingerprint density at radius 1 is 0.882 bits per heavy atom. The van der Waals surface area contributed by atoms with Crippen LogP contribution in [0.2, 0.25) is 0 Å². The van der Waals surface area contributed by atoms with Crippen LogP contribution >= 0.6 is 0 Å². The van der Waals surface area contributed by atoms with Crippen molar-refractivity contribution in [3.05, 3.63) is 0 Å². The van der Waals surface area contributed by atoms with E-state index in [9.17, 15) is 9.59 Å². The van der Waals surface area contributed by atoms with Crippen LogP contribution in [0.4, 0.5) is 9.59 Å². The number of aliphatic hydroxyl groups is 3. The van der Waals surface area contributed by atoms with Crippen molar-refractivity contribution in [2.45, 2.75) is 12.3 Å². The standard InChI is InChI=1S/C8H14N4O5/c1-9-5-6(11(3-14)7(9)16)12(4-15)8(17)10(5)2-13/h5-6,13-15H,2-4H2,1H3. The number of hydrogen-bond acceptors (Lipinski definition) is 5. The largest absolute Gasteiger partial charge is 0.376 e. The molecule has 0 aromatic rings. The lowest BCUT2D eigenvalue weighted by Crippen LogP contribution is -2.47. The fourth-order valence-corrected chi connectivity index (χ4v) is 2.31. The van der Waals surface area contributed by atoms with Crippen LogP contribution in [0.3, 0.4) is 0 Å². The smallest absolute Gasteiger partial charge is 0.327 e. The lowest BCUT2D eigenvalue weighted by atomic mass is 10.3. The molecule has 0 saturated carbocycles. The SMILES string of the molecule is CN1C(=O)N(CO)C2C1N(CO)C(=O)N2CO. The number of rotatable bonds is 3. The van der Waals surface area contributed by atoms with Gasteiger partial charge in [-0.15, -0.1) is 0 Å². The number of hydrogen-bond donors (Lipinski definition) is 3. The van der Waals surface area contributed by atoms with Gasteiger partial charge >= 0.3 is 12.1 Å². The van der Waals surface area contributed by atoms with Gasteiger partial charge in [-0.05, 0) is 0 Å². The number of urea groups is 2. The second-order valence-electron chi connectivity index (χ2n) is 3.84. The van der Waals surface area contributed by atoms with Crippen molar-refractivity contribution < 1.29 is 24.9 Å². The average Bonchev–Trinajstić information content (AvgIpc) is 2.73. The third kappa shape index (κ3) is 1.36. The lowest BCUT2D eigenvalue weighted by Gasteiger charge is -2.25. The molecule has 2 aliphatic rings. The molecule has 2 unspecified atom stereocenters. The second kappa shape index (κ2) is 4.02. The maximum atomic E-state index is 11.8. The van der Waals surface area contributed by atoms with Gasteiger partial charge < -0.3 is 20.2 Å². The van der Waals surface area contributed by atoms with E-state index < -0.39 is 44.6 Å². The zero-order valence-corrected chi connectivity index (χ0v) is 9.22. The highest BCUT2D eigenvalue weighted by Crippen LogP contribution is 2.32. The third-order valence-electron chi connectivity index (χ3n) is 3.12. The van der Waals surface area contributed by atoms with Crippen LogP contribution in [0.5, 0.6) is 0 Å². The quantitative estimate of drug-likeness (QED) is 0.514. The molecule has 0 aromatic heterocycles. The molecular weight excluding hydrogens is 232 g/mol. The summed E-state index contributed by atoms with van der Waals surface area (Å²) >= 11 is 0. The first kappa shape index (κ1) is 11.9. The molecule has 96 valence electrons. The van der Waals surface area contributed by atoms with Crippen molar-refractivity contribution in [1.82, 2.24) is 19.6 Å². The van der Waals surface area contributed by atoms with Crippen molar-refractivity contribution >= 4 is 12.1 Å². The molecule has 2 fully saturated rings. The fourth-order valence-electron chi connectivity index (χ4n) is 2.31. The van der Waals surface area contributed by atoms with Crippen molar-refractivity contribution in [1.29, 1.82) is 0 Å². The summed E-state index contributed by atoms with van der Waals surface area (Å²) in [7, 11) is 1.46. The molecule has 2 saturated heterocycles. The van der Waals surface area contributed by atoms with E-state index in [1.165, 1.54) is 11.9 Å². The summed E-state index contributed by atoms with van der Waals surface area (Å²) in [6.07, 6.45) is -1.50. The zero-order valence-electron chi connectivity index (χ0n) is 9.22. The Morgan fingerprint density at radius 2 is 1.29 bits per heavy atom. The Hall–Kier alpha value is -1.58. The zero-order chi connectivity index (χ0) is 12.7. The predicted octanol–water partition coefficient (Wildman–Crippen LogP) is -2.41. The maximum Gasteiger partial charge on any atom is 0.327 e. The van der Waals surface area contributed by atoms with E-state index >= 15 is 0 Å². The molecule has 9 heteroatoms. The summed E-state index contributed by atoms with van der Waals surface area (Å²) in [4.78, 5) is 27.9. The highest BCUT2D eigenvalue weighted by atomic mass is 16.3. The average molecular weight is 246 g/mol. The van der Waals surface area contributed by atoms with Crippen LogP contribution in [0.1, 0.15) is 0 Å². The van der Waals surface area contributed by atoms with Crippen LogP contribution in [0.15, 0.2) is 0 Å². The summed E-state index contributed by atoms with van der Waals surface area (Å²) in [6, 6.07) is -1.05. The normalized spacial score (nSPS) is 28.5. The number of carbonyl (C=O) groups excluding carboxylic acids is 2. The Bertz CT molecular complexity index is 349. The molecule has 2 rings (SSSR count). The fraction of sp³-hybridized carbons (Fsp3) is 0.750. The van der Waals surface area contributed by atoms with Gasteiger partial charge in [0.2, 0.25) is 0 Å². The lowest BCUT2D eigenvalue weighted by molar-refractivity contribution is 0.0238. The summed E-state index contributed by atoms with van der Waals surface area (Å²) in [5.41, 5.74) is 0. The molecule has 0 bridgehead atoms. The Kier molecular flexibility index (Phi) is 2.81. The molecule has 2 heterocycles. The van der Waals surface area contributed by atoms with E-state index in [1.54, 1.807) is 0 Å². The number of likely N-dealkylation sites (N-methyl/N-ethyl adjacent to an activating group) is 1. The molecule has 0 aromatic carbocycles. The molecule has 2 aliphatic heterocycles. The van der Waals surface area contributed by atoms with Crippen LogP contribution in [0.25, 0.3) is 0 Å². The van der Waals surface area contributed by atoms with Gasteiger partial charge in [0.05, 0.1) is 0 Å². The molecule has 9 nitrogen and oxygen atoms in total. The highest BCUT2D eigenvalue weighted by Gasteiger charge is 2.57. The van der Waals surface area contributed by atoms with E-state index in [4.69, 9.17) is 15.3 Å². The van der Waals surface area contributed by atoms with Gasteiger partial charge in [-0.2, -0.15) is 0 Å². The maximum absolute atomic E-state index is 11.8. The van der Waals surface area contributed by atoms with E-state index in [2.05, 4.69) is 0 Å². The number of nitrogens with zero attached hydrogens (tertiary/aromatic N) is 4. The van der Waals surface area contributed by atoms with Gasteiger partial charge in [0, 0.05) is 7.05 Å². The van der Waals surface area contributed by atoms with Gasteiger partial charge in [0.25, 0.3) is 0 Å². The predicted molar refractivity (Wildman–Crippen MR) is 52.9 cm³/mol. The monoisotopic (exact) mass is 246 g/mol. The molecule has 17 heavy (non-hydrogen) atoms. The van der Waals surface area contributed by atoms with Crippen LogP contribution in [-0.4, -0.2) is 86.6 Å². The van der Waals surface area contributed by atoms with Gasteiger partial charge in [0.1, 0.15) is 20.2 Å². The van der Waals surface area contributed by atoms with Crippen molar-refractivity contribution in [3.8, 4) is 0 Å². The Morgan fingerprint density at radius 3 is 1.76 bits per heavy atom. The van der Waals surface area contributed by atoms with E-state index in [1.807, 2.05) is 0 Å². The van der Waals surface area contributed by atoms with E-state index in [0.29, 0.717) is 0 Å².